The predicted molar refractivity (Wildman–Crippen MR) is 94.3 cm³/mol. The van der Waals surface area contributed by atoms with E-state index in [4.69, 9.17) is 5.26 Å². The van der Waals surface area contributed by atoms with Crippen LogP contribution in [0.3, 0.4) is 0 Å². The van der Waals surface area contributed by atoms with Gasteiger partial charge in [-0.15, -0.1) is 0 Å². The molecule has 0 spiro atoms. The normalized spacial score (nSPS) is 27.7. The maximum atomic E-state index is 12.8. The number of imide groups is 1. The average Bonchev–Trinajstić information content (AvgIpc) is 3.36. The molecule has 3 aliphatic rings. The standard InChI is InChI=1S/C20H20N4O3/c21-6-2-8-23(11-13-3-1-7-22-10-13)16(25)12-24-19(26)17-14-4-5-15(9-14)18(17)20(24)27/h1,3-5,7,10,14-15,17-18H,2,8-9,11-12H2/t14-,15-,17+,18+/m0/s1. The molecule has 138 valence electrons. The smallest absolute Gasteiger partial charge is 0.243 e. The third-order valence-corrected chi connectivity index (χ3v) is 5.80. The molecule has 1 saturated carbocycles. The molecule has 3 amide bonds. The first-order valence-electron chi connectivity index (χ1n) is 9.17. The summed E-state index contributed by atoms with van der Waals surface area (Å²) in [5.41, 5.74) is 0.835. The summed E-state index contributed by atoms with van der Waals surface area (Å²) in [4.78, 5) is 45.0. The predicted octanol–water partition coefficient (Wildman–Crippen LogP) is 1.13. The van der Waals surface area contributed by atoms with Crippen molar-refractivity contribution in [2.75, 3.05) is 13.1 Å². The molecule has 1 aliphatic heterocycles. The van der Waals surface area contributed by atoms with E-state index in [1.54, 1.807) is 18.5 Å². The Hall–Kier alpha value is -3.01. The highest BCUT2D eigenvalue weighted by Gasteiger charge is 2.59. The van der Waals surface area contributed by atoms with Gasteiger partial charge in [0.1, 0.15) is 6.54 Å². The number of hydrogen-bond acceptors (Lipinski definition) is 5. The second-order valence-corrected chi connectivity index (χ2v) is 7.35. The van der Waals surface area contributed by atoms with Crippen molar-refractivity contribution in [3.05, 3.63) is 42.2 Å². The van der Waals surface area contributed by atoms with Crippen LogP contribution in [0.5, 0.6) is 0 Å². The molecule has 7 nitrogen and oxygen atoms in total. The molecule has 2 bridgehead atoms. The minimum Gasteiger partial charge on any atom is -0.336 e. The van der Waals surface area contributed by atoms with Crippen LogP contribution >= 0.6 is 0 Å². The van der Waals surface area contributed by atoms with Gasteiger partial charge in [-0.1, -0.05) is 18.2 Å². The van der Waals surface area contributed by atoms with Crippen LogP contribution in [0.4, 0.5) is 0 Å². The van der Waals surface area contributed by atoms with E-state index in [1.807, 2.05) is 24.3 Å². The molecule has 4 rings (SSSR count). The van der Waals surface area contributed by atoms with Crippen LogP contribution < -0.4 is 0 Å². The second kappa shape index (κ2) is 6.95. The van der Waals surface area contributed by atoms with Gasteiger partial charge in [-0.3, -0.25) is 24.3 Å². The molecule has 0 unspecified atom stereocenters. The summed E-state index contributed by atoms with van der Waals surface area (Å²) in [6.07, 6.45) is 8.42. The summed E-state index contributed by atoms with van der Waals surface area (Å²) in [6, 6.07) is 5.66. The van der Waals surface area contributed by atoms with Gasteiger partial charge in [-0.2, -0.15) is 5.26 Å². The van der Waals surface area contributed by atoms with E-state index in [0.717, 1.165) is 16.9 Å². The number of aromatic nitrogens is 1. The van der Waals surface area contributed by atoms with Crippen LogP contribution in [-0.2, 0) is 20.9 Å². The number of likely N-dealkylation sites (tertiary alicyclic amines) is 1. The van der Waals surface area contributed by atoms with E-state index in [0.29, 0.717) is 6.54 Å². The molecule has 1 aromatic rings. The lowest BCUT2D eigenvalue weighted by Crippen LogP contribution is -2.43. The van der Waals surface area contributed by atoms with Crippen molar-refractivity contribution in [1.82, 2.24) is 14.8 Å². The van der Waals surface area contributed by atoms with E-state index in [-0.39, 0.29) is 60.9 Å². The van der Waals surface area contributed by atoms with Crippen LogP contribution in [-0.4, -0.2) is 45.6 Å². The zero-order valence-electron chi connectivity index (χ0n) is 14.8. The van der Waals surface area contributed by atoms with Crippen molar-refractivity contribution in [2.24, 2.45) is 23.7 Å². The van der Waals surface area contributed by atoms with Crippen molar-refractivity contribution in [1.29, 1.82) is 5.26 Å². The van der Waals surface area contributed by atoms with E-state index in [9.17, 15) is 14.4 Å². The monoisotopic (exact) mass is 364 g/mol. The van der Waals surface area contributed by atoms with Crippen LogP contribution in [0, 0.1) is 35.0 Å². The van der Waals surface area contributed by atoms with Crippen LogP contribution in [0.2, 0.25) is 0 Å². The number of carbonyl (C=O) groups excluding carboxylic acids is 3. The number of pyridine rings is 1. The number of allylic oxidation sites excluding steroid dienone is 2. The molecule has 7 heteroatoms. The van der Waals surface area contributed by atoms with E-state index < -0.39 is 0 Å². The Morgan fingerprint density at radius 2 is 1.96 bits per heavy atom. The van der Waals surface area contributed by atoms with Crippen molar-refractivity contribution < 1.29 is 14.4 Å². The van der Waals surface area contributed by atoms with Gasteiger partial charge in [0.2, 0.25) is 17.7 Å². The largest absolute Gasteiger partial charge is 0.336 e. The van der Waals surface area contributed by atoms with E-state index in [2.05, 4.69) is 4.98 Å². The van der Waals surface area contributed by atoms with E-state index in [1.165, 1.54) is 4.90 Å². The maximum absolute atomic E-state index is 12.8. The Morgan fingerprint density at radius 1 is 1.26 bits per heavy atom. The first-order chi connectivity index (χ1) is 13.1. The van der Waals surface area contributed by atoms with Gasteiger partial charge in [-0.25, -0.2) is 0 Å². The zero-order valence-corrected chi connectivity index (χ0v) is 14.8. The van der Waals surface area contributed by atoms with E-state index >= 15 is 0 Å². The van der Waals surface area contributed by atoms with Gasteiger partial charge in [0.05, 0.1) is 24.3 Å². The Balaban J connectivity index is 1.47. The second-order valence-electron chi connectivity index (χ2n) is 7.35. The van der Waals surface area contributed by atoms with Gasteiger partial charge in [0.25, 0.3) is 0 Å². The SMILES string of the molecule is N#CCCN(Cc1cccnc1)C(=O)CN1C(=O)[C@H]2[C@H](C1=O)[C@H]1C=C[C@H]2C1. The lowest BCUT2D eigenvalue weighted by molar-refractivity contribution is -0.147. The van der Waals surface area contributed by atoms with Crippen molar-refractivity contribution in [2.45, 2.75) is 19.4 Å². The molecule has 0 radical (unpaired) electrons. The number of amides is 3. The number of nitrogens with zero attached hydrogens (tertiary/aromatic N) is 4. The molecule has 0 aromatic carbocycles. The Bertz CT molecular complexity index is 815. The molecule has 1 aromatic heterocycles. The summed E-state index contributed by atoms with van der Waals surface area (Å²) >= 11 is 0. The van der Waals surface area contributed by atoms with Crippen LogP contribution in [0.25, 0.3) is 0 Å². The summed E-state index contributed by atoms with van der Waals surface area (Å²) in [5.74, 6) is -1.12. The number of fused-ring (bicyclic) bond motifs is 5. The number of hydrogen-bond donors (Lipinski definition) is 0. The fourth-order valence-corrected chi connectivity index (χ4v) is 4.54. The highest BCUT2D eigenvalue weighted by Crippen LogP contribution is 2.52. The first kappa shape index (κ1) is 17.4. The zero-order chi connectivity index (χ0) is 19.0. The molecule has 2 aliphatic carbocycles. The molecule has 2 heterocycles. The third kappa shape index (κ3) is 3.01. The number of nitriles is 1. The summed E-state index contributed by atoms with van der Waals surface area (Å²) in [5, 5.41) is 8.88. The van der Waals surface area contributed by atoms with Gasteiger partial charge in [0, 0.05) is 25.5 Å². The molecular formula is C20H20N4O3. The molecule has 27 heavy (non-hydrogen) atoms. The topological polar surface area (TPSA) is 94.4 Å². The van der Waals surface area contributed by atoms with Crippen LogP contribution in [0.15, 0.2) is 36.7 Å². The minimum absolute atomic E-state index is 0.127. The Labute approximate surface area is 157 Å². The van der Waals surface area contributed by atoms with Crippen molar-refractivity contribution >= 4 is 17.7 Å². The Morgan fingerprint density at radius 3 is 2.56 bits per heavy atom. The quantitative estimate of drug-likeness (QED) is 0.557. The number of rotatable bonds is 6. The van der Waals surface area contributed by atoms with Gasteiger partial charge in [0.15, 0.2) is 0 Å². The summed E-state index contributed by atoms with van der Waals surface area (Å²) in [7, 11) is 0. The van der Waals surface area contributed by atoms with Gasteiger partial charge in [-0.05, 0) is 29.9 Å². The fourth-order valence-electron chi connectivity index (χ4n) is 4.54. The molecular weight excluding hydrogens is 344 g/mol. The first-order valence-corrected chi connectivity index (χ1v) is 9.17. The highest BCUT2D eigenvalue weighted by atomic mass is 16.2. The lowest BCUT2D eigenvalue weighted by Gasteiger charge is -2.25. The lowest BCUT2D eigenvalue weighted by atomic mass is 9.85. The summed E-state index contributed by atoms with van der Waals surface area (Å²) in [6.45, 7) is 0.292. The summed E-state index contributed by atoms with van der Waals surface area (Å²) < 4.78 is 0. The molecule has 4 atom stereocenters. The molecule has 2 fully saturated rings. The average molecular weight is 364 g/mol. The fraction of sp³-hybridized carbons (Fsp3) is 0.450. The minimum atomic E-state index is -0.323. The highest BCUT2D eigenvalue weighted by molar-refractivity contribution is 6.08. The molecule has 1 saturated heterocycles. The number of carbonyl (C=O) groups is 3. The van der Waals surface area contributed by atoms with Gasteiger partial charge >= 0.3 is 0 Å². The van der Waals surface area contributed by atoms with Crippen molar-refractivity contribution in [3.8, 4) is 6.07 Å². The molecule has 0 N–H and O–H groups in total. The third-order valence-electron chi connectivity index (χ3n) is 5.80. The Kier molecular flexibility index (Phi) is 4.48. The maximum Gasteiger partial charge on any atom is 0.243 e. The van der Waals surface area contributed by atoms with Gasteiger partial charge < -0.3 is 4.90 Å². The van der Waals surface area contributed by atoms with Crippen molar-refractivity contribution in [3.63, 3.8) is 0 Å². The van der Waals surface area contributed by atoms with Crippen LogP contribution in [0.1, 0.15) is 18.4 Å².